The Morgan fingerprint density at radius 1 is 1.19 bits per heavy atom. The van der Waals surface area contributed by atoms with Crippen LogP contribution >= 0.6 is 0 Å². The highest BCUT2D eigenvalue weighted by Crippen LogP contribution is 2.25. The van der Waals surface area contributed by atoms with Crippen molar-refractivity contribution in [2.24, 2.45) is 0 Å². The third-order valence-corrected chi connectivity index (χ3v) is 2.18. The fourth-order valence-electron chi connectivity index (χ4n) is 1.51. The van der Waals surface area contributed by atoms with E-state index < -0.39 is 0 Å². The third kappa shape index (κ3) is 3.51. The van der Waals surface area contributed by atoms with Gasteiger partial charge in [0.05, 0.1) is 13.2 Å². The molecule has 0 atom stereocenters. The number of hydrogen-bond donors (Lipinski definition) is 0. The van der Waals surface area contributed by atoms with Gasteiger partial charge in [0, 0.05) is 6.42 Å². The molecule has 2 heteroatoms. The zero-order valence-electron chi connectivity index (χ0n) is 9.95. The van der Waals surface area contributed by atoms with E-state index in [1.165, 1.54) is 0 Å². The normalized spacial score (nSPS) is 9.56. The SMILES string of the molecule is C#CCCc1cc(OCC)ccc1OCC. The first-order valence-corrected chi connectivity index (χ1v) is 5.63. The standard InChI is InChI=1S/C14H18O2/c1-4-7-8-12-11-13(15-5-2)9-10-14(12)16-6-3/h1,9-11H,5-8H2,2-3H3. The van der Waals surface area contributed by atoms with Gasteiger partial charge in [-0.1, -0.05) is 0 Å². The number of rotatable bonds is 6. The average Bonchev–Trinajstić information content (AvgIpc) is 2.30. The zero-order chi connectivity index (χ0) is 11.8. The minimum Gasteiger partial charge on any atom is -0.494 e. The molecule has 0 amide bonds. The molecule has 1 aromatic rings. The molecular formula is C14H18O2. The highest BCUT2D eigenvalue weighted by atomic mass is 16.5. The molecule has 0 heterocycles. The molecule has 2 nitrogen and oxygen atoms in total. The van der Waals surface area contributed by atoms with Crippen LogP contribution in [-0.2, 0) is 6.42 Å². The van der Waals surface area contributed by atoms with E-state index in [0.717, 1.165) is 29.9 Å². The maximum absolute atomic E-state index is 5.54. The van der Waals surface area contributed by atoms with Gasteiger partial charge in [0.25, 0.3) is 0 Å². The van der Waals surface area contributed by atoms with Gasteiger partial charge < -0.3 is 9.47 Å². The van der Waals surface area contributed by atoms with Crippen molar-refractivity contribution in [3.63, 3.8) is 0 Å². The summed E-state index contributed by atoms with van der Waals surface area (Å²) in [4.78, 5) is 0. The number of ether oxygens (including phenoxy) is 2. The predicted molar refractivity (Wildman–Crippen MR) is 65.9 cm³/mol. The van der Waals surface area contributed by atoms with Crippen molar-refractivity contribution in [3.05, 3.63) is 23.8 Å². The molecule has 0 spiro atoms. The van der Waals surface area contributed by atoms with Crippen molar-refractivity contribution in [2.75, 3.05) is 13.2 Å². The van der Waals surface area contributed by atoms with Gasteiger partial charge in [-0.15, -0.1) is 12.3 Å². The molecule has 0 aliphatic carbocycles. The lowest BCUT2D eigenvalue weighted by Crippen LogP contribution is -1.98. The van der Waals surface area contributed by atoms with Crippen molar-refractivity contribution in [1.82, 2.24) is 0 Å². The fourth-order valence-corrected chi connectivity index (χ4v) is 1.51. The molecule has 86 valence electrons. The van der Waals surface area contributed by atoms with Gasteiger partial charge in [0.1, 0.15) is 11.5 Å². The second-order valence-corrected chi connectivity index (χ2v) is 3.34. The summed E-state index contributed by atoms with van der Waals surface area (Å²) >= 11 is 0. The molecule has 0 bridgehead atoms. The molecule has 16 heavy (non-hydrogen) atoms. The van der Waals surface area contributed by atoms with E-state index in [-0.39, 0.29) is 0 Å². The van der Waals surface area contributed by atoms with E-state index in [9.17, 15) is 0 Å². The quantitative estimate of drug-likeness (QED) is 0.683. The Kier molecular flexibility index (Phi) is 5.28. The molecule has 0 N–H and O–H groups in total. The maximum atomic E-state index is 5.54. The molecule has 1 aromatic carbocycles. The molecule has 0 saturated carbocycles. The summed E-state index contributed by atoms with van der Waals surface area (Å²) in [6.07, 6.45) is 6.82. The van der Waals surface area contributed by atoms with Crippen LogP contribution in [0.25, 0.3) is 0 Å². The molecule has 0 fully saturated rings. The minimum absolute atomic E-state index is 0.664. The Bertz CT molecular complexity index is 363. The Labute approximate surface area is 97.6 Å². The van der Waals surface area contributed by atoms with Crippen molar-refractivity contribution in [2.45, 2.75) is 26.7 Å². The summed E-state index contributed by atoms with van der Waals surface area (Å²) in [6.45, 7) is 5.28. The van der Waals surface area contributed by atoms with Crippen LogP contribution in [0.5, 0.6) is 11.5 Å². The van der Waals surface area contributed by atoms with Gasteiger partial charge in [-0.25, -0.2) is 0 Å². The van der Waals surface area contributed by atoms with Gasteiger partial charge in [-0.3, -0.25) is 0 Å². The van der Waals surface area contributed by atoms with E-state index in [0.29, 0.717) is 13.2 Å². The largest absolute Gasteiger partial charge is 0.494 e. The van der Waals surface area contributed by atoms with Crippen LogP contribution in [0.3, 0.4) is 0 Å². The van der Waals surface area contributed by atoms with E-state index in [1.807, 2.05) is 32.0 Å². The summed E-state index contributed by atoms with van der Waals surface area (Å²) in [5.74, 6) is 4.42. The summed E-state index contributed by atoms with van der Waals surface area (Å²) in [5.41, 5.74) is 1.12. The first-order valence-electron chi connectivity index (χ1n) is 5.63. The summed E-state index contributed by atoms with van der Waals surface area (Å²) in [6, 6.07) is 5.88. The number of benzene rings is 1. The number of terminal acetylenes is 1. The van der Waals surface area contributed by atoms with Gasteiger partial charge in [0.2, 0.25) is 0 Å². The summed E-state index contributed by atoms with van der Waals surface area (Å²) in [7, 11) is 0. The first kappa shape index (κ1) is 12.4. The van der Waals surface area contributed by atoms with Crippen molar-refractivity contribution < 1.29 is 9.47 Å². The smallest absolute Gasteiger partial charge is 0.122 e. The first-order chi connectivity index (χ1) is 7.81. The van der Waals surface area contributed by atoms with Gasteiger partial charge in [-0.05, 0) is 44.0 Å². The van der Waals surface area contributed by atoms with Crippen LogP contribution in [-0.4, -0.2) is 13.2 Å². The van der Waals surface area contributed by atoms with E-state index in [1.54, 1.807) is 0 Å². The van der Waals surface area contributed by atoms with Gasteiger partial charge >= 0.3 is 0 Å². The van der Waals surface area contributed by atoms with Crippen LogP contribution < -0.4 is 9.47 Å². The third-order valence-electron chi connectivity index (χ3n) is 2.18. The van der Waals surface area contributed by atoms with Crippen LogP contribution in [0.4, 0.5) is 0 Å². The van der Waals surface area contributed by atoms with Crippen LogP contribution in [0, 0.1) is 12.3 Å². The Morgan fingerprint density at radius 2 is 1.94 bits per heavy atom. The Morgan fingerprint density at radius 3 is 2.56 bits per heavy atom. The predicted octanol–water partition coefficient (Wildman–Crippen LogP) is 3.05. The van der Waals surface area contributed by atoms with Crippen molar-refractivity contribution >= 4 is 0 Å². The molecule has 0 unspecified atom stereocenters. The van der Waals surface area contributed by atoms with Crippen molar-refractivity contribution in [1.29, 1.82) is 0 Å². The topological polar surface area (TPSA) is 18.5 Å². The van der Waals surface area contributed by atoms with E-state index in [4.69, 9.17) is 15.9 Å². The lowest BCUT2D eigenvalue weighted by molar-refractivity contribution is 0.327. The molecule has 1 rings (SSSR count). The molecular weight excluding hydrogens is 200 g/mol. The van der Waals surface area contributed by atoms with Crippen molar-refractivity contribution in [3.8, 4) is 23.8 Å². The molecule has 0 aromatic heterocycles. The number of hydrogen-bond acceptors (Lipinski definition) is 2. The second kappa shape index (κ2) is 6.79. The average molecular weight is 218 g/mol. The van der Waals surface area contributed by atoms with Crippen LogP contribution in [0.15, 0.2) is 18.2 Å². The molecule has 0 aliphatic heterocycles. The highest BCUT2D eigenvalue weighted by molar-refractivity contribution is 5.40. The fraction of sp³-hybridized carbons (Fsp3) is 0.429. The Hall–Kier alpha value is -1.62. The highest BCUT2D eigenvalue weighted by Gasteiger charge is 2.05. The van der Waals surface area contributed by atoms with Gasteiger partial charge in [0.15, 0.2) is 0 Å². The maximum Gasteiger partial charge on any atom is 0.122 e. The molecule has 0 saturated heterocycles. The van der Waals surface area contributed by atoms with E-state index >= 15 is 0 Å². The zero-order valence-corrected chi connectivity index (χ0v) is 9.95. The lowest BCUT2D eigenvalue weighted by Gasteiger charge is -2.11. The summed E-state index contributed by atoms with van der Waals surface area (Å²) < 4.78 is 11.0. The molecule has 0 aliphatic rings. The lowest BCUT2D eigenvalue weighted by atomic mass is 10.1. The molecule has 0 radical (unpaired) electrons. The number of aryl methyl sites for hydroxylation is 1. The van der Waals surface area contributed by atoms with E-state index in [2.05, 4.69) is 5.92 Å². The minimum atomic E-state index is 0.664. The van der Waals surface area contributed by atoms with Crippen LogP contribution in [0.1, 0.15) is 25.8 Å². The second-order valence-electron chi connectivity index (χ2n) is 3.34. The monoisotopic (exact) mass is 218 g/mol. The van der Waals surface area contributed by atoms with Crippen LogP contribution in [0.2, 0.25) is 0 Å². The summed E-state index contributed by atoms with van der Waals surface area (Å²) in [5, 5.41) is 0. The van der Waals surface area contributed by atoms with Gasteiger partial charge in [-0.2, -0.15) is 0 Å². The Balaban J connectivity index is 2.87.